The Kier molecular flexibility index (Phi) is 5.79. The molecule has 0 spiro atoms. The van der Waals surface area contributed by atoms with Crippen molar-refractivity contribution in [2.24, 2.45) is 4.36 Å². The molecular weight excluding hydrogens is 367 g/mol. The maximum atomic E-state index is 12.6. The van der Waals surface area contributed by atoms with E-state index < -0.39 is 15.5 Å². The molecule has 0 aliphatic carbocycles. The van der Waals surface area contributed by atoms with E-state index in [0.717, 1.165) is 6.20 Å². The summed E-state index contributed by atoms with van der Waals surface area (Å²) in [5.74, 6) is -0.510. The van der Waals surface area contributed by atoms with E-state index in [1.165, 1.54) is 18.4 Å². The Morgan fingerprint density at radius 3 is 2.08 bits per heavy atom. The van der Waals surface area contributed by atoms with Gasteiger partial charge in [-0.15, -0.1) is 0 Å². The third kappa shape index (κ3) is 4.45. The number of rotatable bonds is 4. The topological polar surface area (TPSA) is 70.3 Å². The largest absolute Gasteiger partial charge is 0.288 e. The molecule has 122 valence electrons. The van der Waals surface area contributed by atoms with Gasteiger partial charge in [0.1, 0.15) is 11.6 Å². The highest BCUT2D eigenvalue weighted by Crippen LogP contribution is 2.17. The van der Waals surface area contributed by atoms with Crippen molar-refractivity contribution in [2.75, 3.05) is 6.26 Å². The number of nitrogens with zero attached hydrogens (tertiary/aromatic N) is 2. The number of Topliss-reactive ketones (excluding diaryl/α,β-unsaturated/α-hetero) is 1. The van der Waals surface area contributed by atoms with Crippen LogP contribution in [0.2, 0.25) is 10.0 Å². The minimum atomic E-state index is -2.79. The van der Waals surface area contributed by atoms with Gasteiger partial charge >= 0.3 is 0 Å². The number of allylic oxidation sites excluding steroid dienone is 1. The number of ketones is 1. The lowest BCUT2D eigenvalue weighted by atomic mass is 10.1. The zero-order valence-corrected chi connectivity index (χ0v) is 14.9. The first kappa shape index (κ1) is 18.2. The van der Waals surface area contributed by atoms with Gasteiger partial charge in [-0.2, -0.15) is 5.26 Å². The van der Waals surface area contributed by atoms with Crippen molar-refractivity contribution in [1.29, 1.82) is 5.26 Å². The van der Waals surface area contributed by atoms with Crippen molar-refractivity contribution in [3.63, 3.8) is 0 Å². The highest BCUT2D eigenvalue weighted by atomic mass is 35.5. The molecule has 2 aromatic carbocycles. The molecule has 0 heterocycles. The van der Waals surface area contributed by atoms with Crippen molar-refractivity contribution >= 4 is 38.7 Å². The third-order valence-electron chi connectivity index (χ3n) is 3.11. The second-order valence-corrected chi connectivity index (χ2v) is 8.01. The summed E-state index contributed by atoms with van der Waals surface area (Å²) in [5.41, 5.74) is 0.0948. The quantitative estimate of drug-likeness (QED) is 0.438. The summed E-state index contributed by atoms with van der Waals surface area (Å²) in [7, 11) is -2.79. The molecule has 0 aliphatic heterocycles. The maximum Gasteiger partial charge on any atom is 0.205 e. The summed E-state index contributed by atoms with van der Waals surface area (Å²) >= 11 is 11.6. The summed E-state index contributed by atoms with van der Waals surface area (Å²) in [6.45, 7) is 0. The fourth-order valence-electron chi connectivity index (χ4n) is 1.80. The number of carbonyl (C=O) groups excluding carboxylic acids is 1. The Bertz CT molecular complexity index is 950. The van der Waals surface area contributed by atoms with Crippen molar-refractivity contribution in [1.82, 2.24) is 0 Å². The van der Waals surface area contributed by atoms with Crippen molar-refractivity contribution < 1.29 is 9.00 Å². The lowest BCUT2D eigenvalue weighted by molar-refractivity contribution is 0.103. The van der Waals surface area contributed by atoms with Crippen LogP contribution < -0.4 is 0 Å². The summed E-state index contributed by atoms with van der Waals surface area (Å²) in [5, 5.41) is 10.2. The fraction of sp³-hybridized carbons (Fsp3) is 0.0588. The zero-order chi connectivity index (χ0) is 17.7. The number of halogens is 2. The smallest absolute Gasteiger partial charge is 0.205 e. The molecule has 0 radical (unpaired) electrons. The lowest BCUT2D eigenvalue weighted by Gasteiger charge is -2.03. The SMILES string of the molecule is C[S@@](=O)(=N/C=C(\C#N)C(=O)c1ccc(Cl)cc1)c1ccc(Cl)cc1. The van der Waals surface area contributed by atoms with Gasteiger partial charge in [0.25, 0.3) is 0 Å². The van der Waals surface area contributed by atoms with Crippen LogP contribution >= 0.6 is 23.2 Å². The van der Waals surface area contributed by atoms with Crippen LogP contribution in [0.25, 0.3) is 0 Å². The zero-order valence-electron chi connectivity index (χ0n) is 12.6. The predicted molar refractivity (Wildman–Crippen MR) is 95.7 cm³/mol. The van der Waals surface area contributed by atoms with Crippen molar-refractivity contribution in [3.05, 3.63) is 75.9 Å². The maximum absolute atomic E-state index is 12.6. The van der Waals surface area contributed by atoms with Crippen LogP contribution in [0.1, 0.15) is 10.4 Å². The first-order chi connectivity index (χ1) is 11.3. The second-order valence-electron chi connectivity index (χ2n) is 4.85. The Hall–Kier alpha value is -2.13. The van der Waals surface area contributed by atoms with Crippen LogP contribution in [-0.4, -0.2) is 16.2 Å². The summed E-state index contributed by atoms with van der Waals surface area (Å²) in [4.78, 5) is 12.7. The summed E-state index contributed by atoms with van der Waals surface area (Å²) in [6, 6.07) is 14.3. The molecule has 0 aromatic heterocycles. The van der Waals surface area contributed by atoms with Crippen molar-refractivity contribution in [2.45, 2.75) is 4.90 Å². The van der Waals surface area contributed by atoms with Gasteiger partial charge in [0, 0.05) is 26.8 Å². The molecular formula is C17H12Cl2N2O2S. The molecule has 0 unspecified atom stereocenters. The number of benzene rings is 2. The predicted octanol–water partition coefficient (Wildman–Crippen LogP) is 4.74. The van der Waals surface area contributed by atoms with E-state index in [4.69, 9.17) is 23.2 Å². The van der Waals surface area contributed by atoms with Crippen LogP contribution in [0.15, 0.2) is 69.6 Å². The van der Waals surface area contributed by atoms with Gasteiger partial charge < -0.3 is 0 Å². The van der Waals surface area contributed by atoms with E-state index in [2.05, 4.69) is 4.36 Å². The van der Waals surface area contributed by atoms with Crippen LogP contribution in [0.5, 0.6) is 0 Å². The monoisotopic (exact) mass is 378 g/mol. The Morgan fingerprint density at radius 1 is 1.08 bits per heavy atom. The first-order valence-electron chi connectivity index (χ1n) is 6.71. The highest BCUT2D eigenvalue weighted by Gasteiger charge is 2.12. The summed E-state index contributed by atoms with van der Waals surface area (Å²) in [6.07, 6.45) is 2.47. The number of hydrogen-bond donors (Lipinski definition) is 0. The molecule has 7 heteroatoms. The highest BCUT2D eigenvalue weighted by molar-refractivity contribution is 7.93. The van der Waals surface area contributed by atoms with E-state index in [1.807, 2.05) is 0 Å². The summed E-state index contributed by atoms with van der Waals surface area (Å²) < 4.78 is 16.6. The normalized spacial score (nSPS) is 13.7. The standard InChI is InChI=1S/C17H12Cl2N2O2S/c1-24(23,16-8-6-15(19)7-9-16)21-11-13(10-20)17(22)12-2-4-14(18)5-3-12/h2-9,11H,1H3/b13-11+/t24-/m0/s1. The Labute approximate surface area is 150 Å². The third-order valence-corrected chi connectivity index (χ3v) is 5.26. The van der Waals surface area contributed by atoms with Gasteiger partial charge in [-0.25, -0.2) is 8.57 Å². The Balaban J connectivity index is 2.38. The second kappa shape index (κ2) is 7.63. The van der Waals surface area contributed by atoms with Crippen LogP contribution in [0.4, 0.5) is 0 Å². The van der Waals surface area contributed by atoms with Gasteiger partial charge in [0.05, 0.1) is 15.9 Å². The van der Waals surface area contributed by atoms with E-state index in [-0.39, 0.29) is 5.57 Å². The molecule has 0 aliphatic rings. The van der Waals surface area contributed by atoms with Crippen LogP contribution in [0, 0.1) is 11.3 Å². The van der Waals surface area contributed by atoms with Gasteiger partial charge in [0.2, 0.25) is 5.78 Å². The first-order valence-corrected chi connectivity index (χ1v) is 9.39. The van der Waals surface area contributed by atoms with Crippen LogP contribution in [-0.2, 0) is 9.73 Å². The van der Waals surface area contributed by atoms with Crippen LogP contribution in [0.3, 0.4) is 0 Å². The Morgan fingerprint density at radius 2 is 1.58 bits per heavy atom. The molecule has 1 atom stereocenters. The lowest BCUT2D eigenvalue weighted by Crippen LogP contribution is -2.02. The molecule has 24 heavy (non-hydrogen) atoms. The minimum absolute atomic E-state index is 0.208. The molecule has 0 bridgehead atoms. The van der Waals surface area contributed by atoms with Crippen molar-refractivity contribution in [3.8, 4) is 6.07 Å². The molecule has 0 saturated carbocycles. The fourth-order valence-corrected chi connectivity index (χ4v) is 3.12. The van der Waals surface area contributed by atoms with E-state index >= 15 is 0 Å². The van der Waals surface area contributed by atoms with Gasteiger partial charge in [0.15, 0.2) is 0 Å². The van der Waals surface area contributed by atoms with Gasteiger partial charge in [-0.3, -0.25) is 4.79 Å². The van der Waals surface area contributed by atoms with E-state index in [1.54, 1.807) is 42.5 Å². The molecule has 4 nitrogen and oxygen atoms in total. The molecule has 0 saturated heterocycles. The molecule has 0 amide bonds. The average Bonchev–Trinajstić information content (AvgIpc) is 2.56. The van der Waals surface area contributed by atoms with E-state index in [9.17, 15) is 14.3 Å². The molecule has 2 aromatic rings. The molecule has 0 N–H and O–H groups in total. The van der Waals surface area contributed by atoms with Gasteiger partial charge in [-0.05, 0) is 48.5 Å². The number of nitriles is 1. The van der Waals surface area contributed by atoms with E-state index in [0.29, 0.717) is 20.5 Å². The number of hydrogen-bond acceptors (Lipinski definition) is 4. The minimum Gasteiger partial charge on any atom is -0.288 e. The van der Waals surface area contributed by atoms with Gasteiger partial charge in [-0.1, -0.05) is 23.2 Å². The average molecular weight is 379 g/mol. The number of carbonyl (C=O) groups is 1. The molecule has 2 rings (SSSR count). The molecule has 0 fully saturated rings.